The van der Waals surface area contributed by atoms with Crippen LogP contribution in [-0.2, 0) is 0 Å². The first-order chi connectivity index (χ1) is 30.8. The molecule has 4 heterocycles. The van der Waals surface area contributed by atoms with E-state index in [1.807, 2.05) is 97.1 Å². The summed E-state index contributed by atoms with van der Waals surface area (Å²) in [6, 6.07) is 70.4. The Kier molecular flexibility index (Phi) is 8.31. The van der Waals surface area contributed by atoms with Crippen LogP contribution < -0.4 is 0 Å². The smallest absolute Gasteiger partial charge is 0.238 e. The molecule has 8 heteroatoms. The first-order valence-electron chi connectivity index (χ1n) is 20.6. The molecule has 0 saturated heterocycles. The first-order valence-corrected chi connectivity index (χ1v) is 20.6. The number of benzene rings is 8. The minimum Gasteiger partial charge on any atom is -0.309 e. The molecule has 0 unspecified atom stereocenters. The molecule has 0 aliphatic rings. The molecule has 0 saturated carbocycles. The van der Waals surface area contributed by atoms with Crippen molar-refractivity contribution in [2.45, 2.75) is 0 Å². The average molecular weight is 795 g/mol. The number of hydrogen-bond donors (Lipinski definition) is 0. The fraction of sp³-hybridized carbons (Fsp3) is 0. The summed E-state index contributed by atoms with van der Waals surface area (Å²) in [5.41, 5.74) is 9.39. The van der Waals surface area contributed by atoms with E-state index in [9.17, 15) is 0 Å². The van der Waals surface area contributed by atoms with Gasteiger partial charge in [0.25, 0.3) is 0 Å². The van der Waals surface area contributed by atoms with Crippen molar-refractivity contribution >= 4 is 43.6 Å². The van der Waals surface area contributed by atoms with Crippen LogP contribution in [0.3, 0.4) is 0 Å². The number of nitrogens with zero attached hydrogens (tertiary/aromatic N) is 8. The normalized spacial score (nSPS) is 11.5. The van der Waals surface area contributed by atoms with E-state index in [1.165, 1.54) is 10.8 Å². The zero-order valence-corrected chi connectivity index (χ0v) is 33.2. The lowest BCUT2D eigenvalue weighted by Crippen LogP contribution is -2.08. The highest BCUT2D eigenvalue weighted by Gasteiger charge is 2.24. The second kappa shape index (κ2) is 14.6. The largest absolute Gasteiger partial charge is 0.309 e. The average Bonchev–Trinajstić information content (AvgIpc) is 3.88. The Morgan fingerprint density at radius 1 is 0.258 bits per heavy atom. The van der Waals surface area contributed by atoms with Gasteiger partial charge in [0.2, 0.25) is 5.95 Å². The molecule has 62 heavy (non-hydrogen) atoms. The molecule has 0 amide bonds. The highest BCUT2D eigenvalue weighted by atomic mass is 15.2. The molecule has 8 aromatic carbocycles. The first kappa shape index (κ1) is 35.3. The standard InChI is InChI=1S/C54H34N8/c1-4-19-35(20-5-1)49-56-52(42-28-13-17-34-47(42)61-44-31-14-10-25-38(44)39-26-11-15-32-45(39)61)58-53(57-49)43-30-18-29-41-40-27-12-16-33-46(40)62(48(41)43)54-59-50(36-21-6-2-7-22-36)55-51(60-54)37-23-8-3-9-24-37/h1-34H. The third kappa shape index (κ3) is 5.84. The summed E-state index contributed by atoms with van der Waals surface area (Å²) in [5.74, 6) is 3.30. The third-order valence-corrected chi connectivity index (χ3v) is 11.5. The monoisotopic (exact) mass is 794 g/mol. The molecule has 0 aliphatic heterocycles. The van der Waals surface area contributed by atoms with Crippen LogP contribution in [0, 0.1) is 0 Å². The summed E-state index contributed by atoms with van der Waals surface area (Å²) < 4.78 is 4.46. The van der Waals surface area contributed by atoms with Crippen LogP contribution in [0.1, 0.15) is 0 Å². The van der Waals surface area contributed by atoms with Gasteiger partial charge < -0.3 is 4.57 Å². The van der Waals surface area contributed by atoms with Gasteiger partial charge in [0.05, 0.1) is 27.8 Å². The van der Waals surface area contributed by atoms with E-state index in [0.717, 1.165) is 66.3 Å². The van der Waals surface area contributed by atoms with Gasteiger partial charge in [-0.15, -0.1) is 0 Å². The second-order valence-electron chi connectivity index (χ2n) is 15.1. The van der Waals surface area contributed by atoms with E-state index < -0.39 is 0 Å². The quantitative estimate of drug-likeness (QED) is 0.160. The van der Waals surface area contributed by atoms with Crippen molar-refractivity contribution in [3.63, 3.8) is 0 Å². The van der Waals surface area contributed by atoms with Crippen LogP contribution in [0.15, 0.2) is 206 Å². The predicted molar refractivity (Wildman–Crippen MR) is 249 cm³/mol. The van der Waals surface area contributed by atoms with Gasteiger partial charge in [0.1, 0.15) is 0 Å². The fourth-order valence-corrected chi connectivity index (χ4v) is 8.68. The Bertz CT molecular complexity index is 3520. The number of rotatable bonds is 7. The molecule has 0 radical (unpaired) electrons. The van der Waals surface area contributed by atoms with E-state index in [0.29, 0.717) is 35.1 Å². The van der Waals surface area contributed by atoms with Gasteiger partial charge in [-0.1, -0.05) is 170 Å². The fourth-order valence-electron chi connectivity index (χ4n) is 8.68. The van der Waals surface area contributed by atoms with Crippen molar-refractivity contribution in [3.05, 3.63) is 206 Å². The molecule has 0 aliphatic carbocycles. The van der Waals surface area contributed by atoms with Crippen LogP contribution in [0.25, 0.3) is 112 Å². The zero-order valence-electron chi connectivity index (χ0n) is 33.2. The molecule has 0 spiro atoms. The molecule has 12 aromatic rings. The van der Waals surface area contributed by atoms with Crippen molar-refractivity contribution in [1.29, 1.82) is 0 Å². The lowest BCUT2D eigenvalue weighted by Gasteiger charge is -2.15. The Labute approximate surface area is 356 Å². The van der Waals surface area contributed by atoms with E-state index in [1.54, 1.807) is 0 Å². The number of aromatic nitrogens is 8. The van der Waals surface area contributed by atoms with Crippen LogP contribution in [0.5, 0.6) is 0 Å². The topological polar surface area (TPSA) is 87.2 Å². The van der Waals surface area contributed by atoms with Crippen LogP contribution in [-0.4, -0.2) is 39.0 Å². The van der Waals surface area contributed by atoms with Gasteiger partial charge in [-0.25, -0.2) is 19.9 Å². The SMILES string of the molecule is c1ccc(-c2nc(-c3ccccc3-n3c4ccccc4c4ccccc43)nc(-c3cccc4c5ccccc5n(-c5nc(-c6ccccc6)nc(-c6ccccc6)n5)c34)n2)cc1. The van der Waals surface area contributed by atoms with Crippen LogP contribution in [0.2, 0.25) is 0 Å². The molecule has 0 N–H and O–H groups in total. The molecule has 290 valence electrons. The molecule has 0 bridgehead atoms. The van der Waals surface area contributed by atoms with Gasteiger partial charge >= 0.3 is 0 Å². The van der Waals surface area contributed by atoms with Crippen LogP contribution in [0.4, 0.5) is 0 Å². The van der Waals surface area contributed by atoms with Crippen molar-refractivity contribution in [1.82, 2.24) is 39.0 Å². The summed E-state index contributed by atoms with van der Waals surface area (Å²) >= 11 is 0. The lowest BCUT2D eigenvalue weighted by atomic mass is 10.1. The van der Waals surface area contributed by atoms with Crippen molar-refractivity contribution < 1.29 is 0 Å². The third-order valence-electron chi connectivity index (χ3n) is 11.5. The Morgan fingerprint density at radius 3 is 1.19 bits per heavy atom. The van der Waals surface area contributed by atoms with Gasteiger partial charge in [0, 0.05) is 49.4 Å². The molecule has 0 fully saturated rings. The minimum absolute atomic E-state index is 0.491. The summed E-state index contributed by atoms with van der Waals surface area (Å²) in [4.78, 5) is 31.4. The Morgan fingerprint density at radius 2 is 0.629 bits per heavy atom. The van der Waals surface area contributed by atoms with Crippen molar-refractivity contribution in [2.24, 2.45) is 0 Å². The maximum atomic E-state index is 5.41. The zero-order chi connectivity index (χ0) is 41.0. The van der Waals surface area contributed by atoms with Gasteiger partial charge in [-0.05, 0) is 36.4 Å². The minimum atomic E-state index is 0.491. The molecule has 4 aromatic heterocycles. The highest BCUT2D eigenvalue weighted by molar-refractivity contribution is 6.13. The molecule has 12 rings (SSSR count). The number of para-hydroxylation sites is 5. The van der Waals surface area contributed by atoms with E-state index in [4.69, 9.17) is 29.9 Å². The molecule has 8 nitrogen and oxygen atoms in total. The summed E-state index contributed by atoms with van der Waals surface area (Å²) in [6.45, 7) is 0. The number of fused-ring (bicyclic) bond motifs is 6. The predicted octanol–water partition coefficient (Wildman–Crippen LogP) is 12.6. The molecular weight excluding hydrogens is 761 g/mol. The second-order valence-corrected chi connectivity index (χ2v) is 15.1. The molecule has 0 atom stereocenters. The summed E-state index contributed by atoms with van der Waals surface area (Å²) in [5, 5.41) is 4.45. The lowest BCUT2D eigenvalue weighted by molar-refractivity contribution is 0.952. The summed E-state index contributed by atoms with van der Waals surface area (Å²) in [6.07, 6.45) is 0. The van der Waals surface area contributed by atoms with E-state index in [-0.39, 0.29) is 0 Å². The van der Waals surface area contributed by atoms with E-state index in [2.05, 4.69) is 118 Å². The van der Waals surface area contributed by atoms with Crippen molar-refractivity contribution in [2.75, 3.05) is 0 Å². The van der Waals surface area contributed by atoms with Gasteiger partial charge in [0.15, 0.2) is 29.1 Å². The maximum absolute atomic E-state index is 5.41. The van der Waals surface area contributed by atoms with E-state index >= 15 is 0 Å². The van der Waals surface area contributed by atoms with Crippen molar-refractivity contribution in [3.8, 4) is 68.6 Å². The Hall–Kier alpha value is -8.62. The Balaban J connectivity index is 1.14. The van der Waals surface area contributed by atoms with Gasteiger partial charge in [-0.2, -0.15) is 9.97 Å². The maximum Gasteiger partial charge on any atom is 0.238 e. The summed E-state index contributed by atoms with van der Waals surface area (Å²) in [7, 11) is 0. The van der Waals surface area contributed by atoms with Crippen LogP contribution >= 0.6 is 0 Å². The number of hydrogen-bond acceptors (Lipinski definition) is 6. The highest BCUT2D eigenvalue weighted by Crippen LogP contribution is 2.40. The molecular formula is C54H34N8. The van der Waals surface area contributed by atoms with Gasteiger partial charge in [-0.3, -0.25) is 4.57 Å².